The van der Waals surface area contributed by atoms with Crippen LogP contribution in [0, 0.1) is 5.92 Å². The second-order valence-electron chi connectivity index (χ2n) is 6.72. The topological polar surface area (TPSA) is 35.6 Å². The predicted octanol–water partition coefficient (Wildman–Crippen LogP) is 1.42. The van der Waals surface area contributed by atoms with Crippen molar-refractivity contribution in [2.75, 3.05) is 26.2 Å². The molecule has 3 rings (SSSR count). The number of nitrogens with zero attached hydrogens (tertiary/aromatic N) is 2. The Bertz CT molecular complexity index is 347. The number of hydrogen-bond donors (Lipinski definition) is 1. The molecule has 1 N–H and O–H groups in total. The van der Waals surface area contributed by atoms with Crippen molar-refractivity contribution in [3.63, 3.8) is 0 Å². The van der Waals surface area contributed by atoms with Crippen molar-refractivity contribution in [2.45, 2.75) is 57.7 Å². The van der Waals surface area contributed by atoms with Crippen molar-refractivity contribution in [3.05, 3.63) is 0 Å². The van der Waals surface area contributed by atoms with Crippen LogP contribution in [0.3, 0.4) is 0 Å². The van der Waals surface area contributed by atoms with Crippen LogP contribution in [0.5, 0.6) is 0 Å². The molecule has 0 aromatic rings. The molecule has 2 aliphatic heterocycles. The number of amides is 1. The van der Waals surface area contributed by atoms with Crippen LogP contribution in [0.25, 0.3) is 0 Å². The van der Waals surface area contributed by atoms with Gasteiger partial charge in [0.25, 0.3) is 0 Å². The average molecular weight is 265 g/mol. The number of rotatable bonds is 5. The van der Waals surface area contributed by atoms with E-state index < -0.39 is 0 Å². The van der Waals surface area contributed by atoms with Crippen LogP contribution in [0.2, 0.25) is 0 Å². The molecule has 2 atom stereocenters. The number of carbonyl (C=O) groups is 1. The van der Waals surface area contributed by atoms with E-state index in [9.17, 15) is 4.79 Å². The van der Waals surface area contributed by atoms with Gasteiger partial charge in [-0.2, -0.15) is 0 Å². The fraction of sp³-hybridized carbons (Fsp3) is 0.933. The van der Waals surface area contributed by atoms with Crippen LogP contribution >= 0.6 is 0 Å². The highest BCUT2D eigenvalue weighted by Crippen LogP contribution is 2.42. The minimum absolute atomic E-state index is 0.145. The zero-order valence-electron chi connectivity index (χ0n) is 12.3. The maximum absolute atomic E-state index is 12.5. The summed E-state index contributed by atoms with van der Waals surface area (Å²) in [6.45, 7) is 9.02. The SMILES string of the molecule is CCC1NC2(CC2)C(=O)N1CC(C)CN1CCCC1. The first-order chi connectivity index (χ1) is 9.14. The highest BCUT2D eigenvalue weighted by atomic mass is 16.2. The number of hydrogen-bond acceptors (Lipinski definition) is 3. The molecule has 2 unspecified atom stereocenters. The molecule has 2 heterocycles. The van der Waals surface area contributed by atoms with E-state index in [0.29, 0.717) is 11.8 Å². The molecule has 1 amide bonds. The Labute approximate surface area is 116 Å². The Morgan fingerprint density at radius 3 is 2.58 bits per heavy atom. The van der Waals surface area contributed by atoms with Gasteiger partial charge in [-0.1, -0.05) is 13.8 Å². The highest BCUT2D eigenvalue weighted by Gasteiger charge is 2.58. The molecule has 19 heavy (non-hydrogen) atoms. The molecule has 4 heteroatoms. The fourth-order valence-electron chi connectivity index (χ4n) is 3.69. The van der Waals surface area contributed by atoms with E-state index in [-0.39, 0.29) is 11.7 Å². The molecule has 4 nitrogen and oxygen atoms in total. The first kappa shape index (κ1) is 13.4. The second-order valence-corrected chi connectivity index (χ2v) is 6.72. The van der Waals surface area contributed by atoms with E-state index in [1.165, 1.54) is 25.9 Å². The van der Waals surface area contributed by atoms with Gasteiger partial charge >= 0.3 is 0 Å². The summed E-state index contributed by atoms with van der Waals surface area (Å²) < 4.78 is 0. The molecular formula is C15H27N3O. The van der Waals surface area contributed by atoms with Crippen LogP contribution in [0.15, 0.2) is 0 Å². The normalized spacial score (nSPS) is 31.4. The summed E-state index contributed by atoms with van der Waals surface area (Å²) in [5.74, 6) is 0.944. The molecule has 2 saturated heterocycles. The highest BCUT2D eigenvalue weighted by molar-refractivity contribution is 5.91. The van der Waals surface area contributed by atoms with Gasteiger partial charge in [-0.15, -0.1) is 0 Å². The van der Waals surface area contributed by atoms with Crippen molar-refractivity contribution in [3.8, 4) is 0 Å². The third-order valence-corrected chi connectivity index (χ3v) is 4.90. The number of nitrogens with one attached hydrogen (secondary N) is 1. The van der Waals surface area contributed by atoms with E-state index in [4.69, 9.17) is 0 Å². The molecule has 1 saturated carbocycles. The van der Waals surface area contributed by atoms with Crippen molar-refractivity contribution < 1.29 is 4.79 Å². The maximum atomic E-state index is 12.5. The van der Waals surface area contributed by atoms with Gasteiger partial charge < -0.3 is 9.80 Å². The summed E-state index contributed by atoms with van der Waals surface area (Å²) in [5, 5.41) is 3.55. The van der Waals surface area contributed by atoms with Crippen molar-refractivity contribution >= 4 is 5.91 Å². The van der Waals surface area contributed by atoms with Crippen LogP contribution in [-0.4, -0.2) is 53.6 Å². The predicted molar refractivity (Wildman–Crippen MR) is 75.7 cm³/mol. The van der Waals surface area contributed by atoms with E-state index in [0.717, 1.165) is 32.4 Å². The van der Waals surface area contributed by atoms with Gasteiger partial charge in [-0.3, -0.25) is 10.1 Å². The summed E-state index contributed by atoms with van der Waals surface area (Å²) in [7, 11) is 0. The van der Waals surface area contributed by atoms with Gasteiger partial charge in [0.05, 0.1) is 11.7 Å². The number of likely N-dealkylation sites (tertiary alicyclic amines) is 1. The number of carbonyl (C=O) groups excluding carboxylic acids is 1. The third-order valence-electron chi connectivity index (χ3n) is 4.90. The van der Waals surface area contributed by atoms with Crippen LogP contribution in [0.4, 0.5) is 0 Å². The Kier molecular flexibility index (Phi) is 3.56. The Hall–Kier alpha value is -0.610. The first-order valence-corrected chi connectivity index (χ1v) is 7.96. The molecule has 0 aromatic carbocycles. The Morgan fingerprint density at radius 2 is 2.00 bits per heavy atom. The van der Waals surface area contributed by atoms with Gasteiger partial charge in [-0.05, 0) is 51.1 Å². The van der Waals surface area contributed by atoms with E-state index in [2.05, 4.69) is 29.0 Å². The summed E-state index contributed by atoms with van der Waals surface area (Å²) in [6.07, 6.45) is 6.06. The van der Waals surface area contributed by atoms with Crippen molar-refractivity contribution in [2.24, 2.45) is 5.92 Å². The minimum atomic E-state index is -0.145. The molecule has 0 bridgehead atoms. The van der Waals surface area contributed by atoms with E-state index in [1.54, 1.807) is 0 Å². The lowest BCUT2D eigenvalue weighted by molar-refractivity contribution is -0.131. The van der Waals surface area contributed by atoms with Gasteiger partial charge in [0.15, 0.2) is 0 Å². The molecule has 0 radical (unpaired) electrons. The van der Waals surface area contributed by atoms with Crippen LogP contribution in [0.1, 0.15) is 46.0 Å². The van der Waals surface area contributed by atoms with E-state index >= 15 is 0 Å². The lowest BCUT2D eigenvalue weighted by atomic mass is 10.1. The molecule has 0 aromatic heterocycles. The van der Waals surface area contributed by atoms with Gasteiger partial charge in [-0.25, -0.2) is 0 Å². The lowest BCUT2D eigenvalue weighted by Crippen LogP contribution is -2.41. The Morgan fingerprint density at radius 1 is 1.32 bits per heavy atom. The molecule has 3 fully saturated rings. The third kappa shape index (κ3) is 2.52. The van der Waals surface area contributed by atoms with Crippen LogP contribution in [-0.2, 0) is 4.79 Å². The van der Waals surface area contributed by atoms with Gasteiger partial charge in [0.2, 0.25) is 5.91 Å². The molecule has 1 spiro atoms. The smallest absolute Gasteiger partial charge is 0.244 e. The first-order valence-electron chi connectivity index (χ1n) is 7.96. The monoisotopic (exact) mass is 265 g/mol. The maximum Gasteiger partial charge on any atom is 0.244 e. The Balaban J connectivity index is 1.56. The quantitative estimate of drug-likeness (QED) is 0.816. The van der Waals surface area contributed by atoms with Gasteiger partial charge in [0.1, 0.15) is 0 Å². The summed E-state index contributed by atoms with van der Waals surface area (Å²) in [4.78, 5) is 17.1. The van der Waals surface area contributed by atoms with E-state index in [1.807, 2.05) is 0 Å². The standard InChI is InChI=1S/C15H27N3O/c1-3-13-16-15(6-7-15)14(19)18(13)11-12(2)10-17-8-4-5-9-17/h12-13,16H,3-11H2,1-2H3. The minimum Gasteiger partial charge on any atom is -0.325 e. The van der Waals surface area contributed by atoms with Crippen LogP contribution < -0.4 is 5.32 Å². The second kappa shape index (κ2) is 5.06. The summed E-state index contributed by atoms with van der Waals surface area (Å²) in [5.41, 5.74) is -0.145. The lowest BCUT2D eigenvalue weighted by Gasteiger charge is -2.28. The largest absolute Gasteiger partial charge is 0.325 e. The van der Waals surface area contributed by atoms with Gasteiger partial charge in [0, 0.05) is 13.1 Å². The summed E-state index contributed by atoms with van der Waals surface area (Å²) >= 11 is 0. The molecule has 3 aliphatic rings. The molecule has 108 valence electrons. The zero-order chi connectivity index (χ0) is 13.5. The average Bonchev–Trinajstić information content (AvgIpc) is 2.91. The fourth-order valence-corrected chi connectivity index (χ4v) is 3.69. The zero-order valence-corrected chi connectivity index (χ0v) is 12.3. The van der Waals surface area contributed by atoms with Crippen molar-refractivity contribution in [1.82, 2.24) is 15.1 Å². The summed E-state index contributed by atoms with van der Waals surface area (Å²) in [6, 6.07) is 0. The van der Waals surface area contributed by atoms with Crippen molar-refractivity contribution in [1.29, 1.82) is 0 Å². The molecule has 1 aliphatic carbocycles. The molecular weight excluding hydrogens is 238 g/mol.